The molecule has 0 atom stereocenters. The van der Waals surface area contributed by atoms with E-state index in [1.807, 2.05) is 0 Å². The quantitative estimate of drug-likeness (QED) is 0.382. The molecule has 0 bridgehead atoms. The summed E-state index contributed by atoms with van der Waals surface area (Å²) in [6.45, 7) is 0.713. The lowest BCUT2D eigenvalue weighted by atomic mass is 10.2. The zero-order chi connectivity index (χ0) is 19.9. The van der Waals surface area contributed by atoms with Gasteiger partial charge in [-0.25, -0.2) is 13.1 Å². The largest absolute Gasteiger partial charge is 0.385 e. The summed E-state index contributed by atoms with van der Waals surface area (Å²) in [5, 5.41) is 13.2. The van der Waals surface area contributed by atoms with Crippen LogP contribution < -0.4 is 10.0 Å². The van der Waals surface area contributed by atoms with Gasteiger partial charge in [-0.3, -0.25) is 14.9 Å². The Balaban J connectivity index is 2.00. The highest BCUT2D eigenvalue weighted by Crippen LogP contribution is 2.16. The first kappa shape index (κ1) is 20.5. The molecule has 0 saturated carbocycles. The van der Waals surface area contributed by atoms with Crippen LogP contribution in [0.3, 0.4) is 0 Å². The van der Waals surface area contributed by atoms with Gasteiger partial charge in [-0.2, -0.15) is 0 Å². The van der Waals surface area contributed by atoms with E-state index >= 15 is 0 Å². The highest BCUT2D eigenvalue weighted by Gasteiger charge is 2.14. The number of carbonyl (C=O) groups excluding carboxylic acids is 1. The fraction of sp³-hybridized carbons (Fsp3) is 0.235. The molecule has 2 N–H and O–H groups in total. The van der Waals surface area contributed by atoms with E-state index in [-0.39, 0.29) is 22.7 Å². The number of amides is 1. The van der Waals surface area contributed by atoms with Crippen LogP contribution in [0.25, 0.3) is 0 Å². The van der Waals surface area contributed by atoms with Crippen molar-refractivity contribution in [3.8, 4) is 0 Å². The third-order valence-electron chi connectivity index (χ3n) is 3.58. The molecule has 0 aliphatic carbocycles. The van der Waals surface area contributed by atoms with Crippen molar-refractivity contribution in [1.82, 2.24) is 4.72 Å². The number of anilines is 1. The van der Waals surface area contributed by atoms with Crippen LogP contribution in [0.4, 0.5) is 11.4 Å². The number of hydrogen-bond donors (Lipinski definition) is 2. The predicted molar refractivity (Wildman–Crippen MR) is 99.2 cm³/mol. The Labute approximate surface area is 156 Å². The monoisotopic (exact) mass is 393 g/mol. The standard InChI is InChI=1S/C17H19N3O6S/c1-26-12-2-11-18-27(24,25)16-9-5-14(6-10-16)19-17(21)13-3-7-15(8-4-13)20(22)23/h3-10,18H,2,11-12H2,1H3,(H,19,21). The maximum absolute atomic E-state index is 12.2. The van der Waals surface area contributed by atoms with Gasteiger partial charge in [0.15, 0.2) is 0 Å². The third kappa shape index (κ3) is 5.84. The molecule has 0 unspecified atom stereocenters. The van der Waals surface area contributed by atoms with Crippen molar-refractivity contribution in [2.24, 2.45) is 0 Å². The van der Waals surface area contributed by atoms with Crippen LogP contribution in [0.1, 0.15) is 16.8 Å². The molecule has 0 aliphatic rings. The first-order valence-electron chi connectivity index (χ1n) is 7.98. The van der Waals surface area contributed by atoms with Gasteiger partial charge in [-0.15, -0.1) is 0 Å². The number of methoxy groups -OCH3 is 1. The van der Waals surface area contributed by atoms with Crippen molar-refractivity contribution < 1.29 is 22.9 Å². The van der Waals surface area contributed by atoms with Crippen molar-refractivity contribution in [3.05, 3.63) is 64.2 Å². The second-order valence-electron chi connectivity index (χ2n) is 5.53. The highest BCUT2D eigenvalue weighted by atomic mass is 32.2. The minimum atomic E-state index is -3.63. The van der Waals surface area contributed by atoms with Gasteiger partial charge in [-0.1, -0.05) is 0 Å². The van der Waals surface area contributed by atoms with Crippen LogP contribution >= 0.6 is 0 Å². The predicted octanol–water partition coefficient (Wildman–Crippen LogP) is 2.16. The molecule has 27 heavy (non-hydrogen) atoms. The smallest absolute Gasteiger partial charge is 0.269 e. The molecule has 0 aliphatic heterocycles. The lowest BCUT2D eigenvalue weighted by Crippen LogP contribution is -2.25. The maximum Gasteiger partial charge on any atom is 0.269 e. The highest BCUT2D eigenvalue weighted by molar-refractivity contribution is 7.89. The van der Waals surface area contributed by atoms with Crippen molar-refractivity contribution in [3.63, 3.8) is 0 Å². The van der Waals surface area contributed by atoms with Crippen LogP contribution in [-0.4, -0.2) is 39.5 Å². The van der Waals surface area contributed by atoms with Crippen molar-refractivity contribution in [2.75, 3.05) is 25.6 Å². The normalized spacial score (nSPS) is 11.1. The number of hydrogen-bond acceptors (Lipinski definition) is 6. The summed E-state index contributed by atoms with van der Waals surface area (Å²) in [5.41, 5.74) is 0.535. The molecule has 1 amide bonds. The zero-order valence-electron chi connectivity index (χ0n) is 14.5. The van der Waals surface area contributed by atoms with Gasteiger partial charge < -0.3 is 10.1 Å². The van der Waals surface area contributed by atoms with Gasteiger partial charge in [0.2, 0.25) is 10.0 Å². The Morgan fingerprint density at radius 2 is 1.74 bits per heavy atom. The van der Waals surface area contributed by atoms with Gasteiger partial charge in [0.1, 0.15) is 0 Å². The molecule has 0 fully saturated rings. The van der Waals surface area contributed by atoms with Crippen molar-refractivity contribution >= 4 is 27.3 Å². The molecule has 2 rings (SSSR count). The van der Waals surface area contributed by atoms with E-state index in [1.165, 1.54) is 55.6 Å². The minimum absolute atomic E-state index is 0.0771. The lowest BCUT2D eigenvalue weighted by molar-refractivity contribution is -0.384. The minimum Gasteiger partial charge on any atom is -0.385 e. The van der Waals surface area contributed by atoms with E-state index in [0.717, 1.165) is 0 Å². The lowest BCUT2D eigenvalue weighted by Gasteiger charge is -2.08. The first-order valence-corrected chi connectivity index (χ1v) is 9.46. The second kappa shape index (κ2) is 9.21. The van der Waals surface area contributed by atoms with Gasteiger partial charge in [0.25, 0.3) is 11.6 Å². The topological polar surface area (TPSA) is 128 Å². The number of sulfonamides is 1. The summed E-state index contributed by atoms with van der Waals surface area (Å²) in [6.07, 6.45) is 0.555. The van der Waals surface area contributed by atoms with Crippen LogP contribution in [0.5, 0.6) is 0 Å². The average molecular weight is 393 g/mol. The Hall–Kier alpha value is -2.82. The molecule has 0 radical (unpaired) electrons. The maximum atomic E-state index is 12.2. The summed E-state index contributed by atoms with van der Waals surface area (Å²) < 4.78 is 31.6. The number of non-ortho nitro benzene ring substituents is 1. The van der Waals surface area contributed by atoms with Gasteiger partial charge in [-0.05, 0) is 42.8 Å². The van der Waals surface area contributed by atoms with Crippen molar-refractivity contribution in [1.29, 1.82) is 0 Å². The zero-order valence-corrected chi connectivity index (χ0v) is 15.4. The van der Waals surface area contributed by atoms with E-state index in [4.69, 9.17) is 4.74 Å². The molecule has 2 aromatic rings. The van der Waals surface area contributed by atoms with Crippen LogP contribution in [0.15, 0.2) is 53.4 Å². The Kier molecular flexibility index (Phi) is 6.99. The number of nitrogens with zero attached hydrogens (tertiary/aromatic N) is 1. The summed E-state index contributed by atoms with van der Waals surface area (Å²) in [4.78, 5) is 22.3. The second-order valence-corrected chi connectivity index (χ2v) is 7.29. The fourth-order valence-corrected chi connectivity index (χ4v) is 3.24. The summed E-state index contributed by atoms with van der Waals surface area (Å²) in [6, 6.07) is 10.8. The van der Waals surface area contributed by atoms with E-state index in [1.54, 1.807) is 0 Å². The van der Waals surface area contributed by atoms with Crippen molar-refractivity contribution in [2.45, 2.75) is 11.3 Å². The van der Waals surface area contributed by atoms with Gasteiger partial charge in [0.05, 0.1) is 9.82 Å². The van der Waals surface area contributed by atoms with Crippen LogP contribution in [-0.2, 0) is 14.8 Å². The Morgan fingerprint density at radius 3 is 2.30 bits per heavy atom. The van der Waals surface area contributed by atoms with Gasteiger partial charge in [0, 0.05) is 43.6 Å². The van der Waals surface area contributed by atoms with Gasteiger partial charge >= 0.3 is 0 Å². The number of nitrogens with one attached hydrogen (secondary N) is 2. The molecule has 0 aromatic heterocycles. The Bertz CT molecular complexity index is 895. The molecule has 144 valence electrons. The van der Waals surface area contributed by atoms with Crippen LogP contribution in [0.2, 0.25) is 0 Å². The van der Waals surface area contributed by atoms with E-state index < -0.39 is 20.9 Å². The van der Waals surface area contributed by atoms with Crippen LogP contribution in [0, 0.1) is 10.1 Å². The molecule has 9 nitrogen and oxygen atoms in total. The Morgan fingerprint density at radius 1 is 1.11 bits per heavy atom. The number of nitro benzene ring substituents is 1. The molecular formula is C17H19N3O6S. The molecule has 2 aromatic carbocycles. The third-order valence-corrected chi connectivity index (χ3v) is 5.06. The SMILES string of the molecule is COCCCNS(=O)(=O)c1ccc(NC(=O)c2ccc([N+](=O)[O-])cc2)cc1. The van der Waals surface area contributed by atoms with E-state index in [9.17, 15) is 23.3 Å². The molecular weight excluding hydrogens is 374 g/mol. The molecule has 0 heterocycles. The summed E-state index contributed by atoms with van der Waals surface area (Å²) >= 11 is 0. The van der Waals surface area contributed by atoms with E-state index in [2.05, 4.69) is 10.0 Å². The van der Waals surface area contributed by atoms with E-state index in [0.29, 0.717) is 18.7 Å². The fourth-order valence-electron chi connectivity index (χ4n) is 2.16. The number of nitro groups is 1. The summed E-state index contributed by atoms with van der Waals surface area (Å²) in [7, 11) is -2.09. The summed E-state index contributed by atoms with van der Waals surface area (Å²) in [5.74, 6) is -0.460. The number of ether oxygens (including phenoxy) is 1. The number of carbonyl (C=O) groups is 1. The average Bonchev–Trinajstić information content (AvgIpc) is 2.66. The first-order chi connectivity index (χ1) is 12.8. The molecule has 10 heteroatoms. The molecule has 0 spiro atoms. The number of benzene rings is 2. The number of rotatable bonds is 9. The molecule has 0 saturated heterocycles.